The molecular formula is C40H46F4N2O2Ti. The van der Waals surface area contributed by atoms with Gasteiger partial charge in [-0.05, 0) is 25.7 Å². The molecule has 2 aliphatic rings. The van der Waals surface area contributed by atoms with E-state index in [0.29, 0.717) is 37.1 Å². The maximum Gasteiger partial charge on any atom is 4.00 e. The average Bonchev–Trinajstić information content (AvgIpc) is 3.88. The van der Waals surface area contributed by atoms with Gasteiger partial charge in [0.15, 0.2) is 0 Å². The van der Waals surface area contributed by atoms with E-state index in [1.807, 2.05) is 72.8 Å². The van der Waals surface area contributed by atoms with Crippen molar-refractivity contribution >= 4 is 11.8 Å². The van der Waals surface area contributed by atoms with Crippen molar-refractivity contribution in [2.45, 2.75) is 77.0 Å². The van der Waals surface area contributed by atoms with E-state index in [-0.39, 0.29) is 45.4 Å². The Kier molecular flexibility index (Phi) is 20.9. The number of hydrogen-bond donors (Lipinski definition) is 2. The smallest absolute Gasteiger partial charge is 0.357 e. The van der Waals surface area contributed by atoms with E-state index in [2.05, 4.69) is 10.6 Å². The quantitative estimate of drug-likeness (QED) is 0.109. The van der Waals surface area contributed by atoms with Gasteiger partial charge in [0.05, 0.1) is 0 Å². The van der Waals surface area contributed by atoms with Gasteiger partial charge in [-0.2, -0.15) is 48.5 Å². The first-order chi connectivity index (χ1) is 23.3. The van der Waals surface area contributed by atoms with Crippen molar-refractivity contribution in [3.05, 3.63) is 131 Å². The maximum atomic E-state index is 13.3. The van der Waals surface area contributed by atoms with Crippen LogP contribution in [-0.4, -0.2) is 24.9 Å². The molecule has 2 aliphatic carbocycles. The van der Waals surface area contributed by atoms with Crippen LogP contribution in [0.3, 0.4) is 0 Å². The minimum atomic E-state index is -0.701. The average molecular weight is 711 g/mol. The summed E-state index contributed by atoms with van der Waals surface area (Å²) >= 11 is 0. The number of carbonyl (C=O) groups excluding carboxylic acids is 2. The second-order valence-corrected chi connectivity index (χ2v) is 12.0. The van der Waals surface area contributed by atoms with Gasteiger partial charge >= 0.3 is 21.7 Å². The number of amides is 2. The van der Waals surface area contributed by atoms with Crippen LogP contribution < -0.4 is 10.6 Å². The van der Waals surface area contributed by atoms with E-state index < -0.39 is 23.3 Å². The zero-order valence-electron chi connectivity index (χ0n) is 28.0. The molecule has 2 fully saturated rings. The standard InChI is InChI=1S/2C15H18F2NO.2C5H5.Ti/c2*16-13-7-6-11(14(17)10-13)8-9-18-15(19)12-4-2-1-3-5-12;2*1-2-4-5-3-1;/h2*6-7,12H,1-5,8-9H2,(H,18,19);2*1-5H;/q4*-1;+4. The molecule has 0 aromatic heterocycles. The van der Waals surface area contributed by atoms with Gasteiger partial charge in [-0.1, -0.05) is 51.4 Å². The summed E-state index contributed by atoms with van der Waals surface area (Å²) in [5.74, 6) is -2.41. The van der Waals surface area contributed by atoms with Crippen LogP contribution in [-0.2, 0) is 44.1 Å². The Labute approximate surface area is 303 Å². The minimum Gasteiger partial charge on any atom is -0.357 e. The number of halogens is 4. The molecule has 2 N–H and O–H groups in total. The predicted molar refractivity (Wildman–Crippen MR) is 181 cm³/mol. The molecule has 9 heteroatoms. The third-order valence-corrected chi connectivity index (χ3v) is 8.33. The van der Waals surface area contributed by atoms with Crippen LogP contribution >= 0.6 is 0 Å². The van der Waals surface area contributed by atoms with Crippen molar-refractivity contribution in [1.29, 1.82) is 0 Å². The molecule has 0 bridgehead atoms. The van der Waals surface area contributed by atoms with Crippen LogP contribution in [0.15, 0.2) is 84.9 Å². The van der Waals surface area contributed by atoms with Crippen LogP contribution in [0.1, 0.15) is 75.3 Å². The molecule has 0 aliphatic heterocycles. The summed E-state index contributed by atoms with van der Waals surface area (Å²) in [5.41, 5.74) is 0.760. The topological polar surface area (TPSA) is 58.2 Å². The van der Waals surface area contributed by atoms with E-state index in [0.717, 1.165) is 51.4 Å². The van der Waals surface area contributed by atoms with Crippen LogP contribution in [0.5, 0.6) is 0 Å². The summed E-state index contributed by atoms with van der Waals surface area (Å²) in [4.78, 5) is 23.7. The summed E-state index contributed by atoms with van der Waals surface area (Å²) in [6.07, 6.45) is 11.4. The van der Waals surface area contributed by atoms with E-state index >= 15 is 0 Å². The van der Waals surface area contributed by atoms with Crippen molar-refractivity contribution in [3.8, 4) is 0 Å². The molecule has 6 rings (SSSR count). The van der Waals surface area contributed by atoms with E-state index in [1.165, 1.54) is 37.1 Å². The van der Waals surface area contributed by atoms with Gasteiger partial charge < -0.3 is 10.6 Å². The first-order valence-corrected chi connectivity index (χ1v) is 16.9. The zero-order valence-corrected chi connectivity index (χ0v) is 29.5. The summed E-state index contributed by atoms with van der Waals surface area (Å²) in [6, 6.07) is 29.1. The first-order valence-electron chi connectivity index (χ1n) is 16.9. The number of hydrogen-bond acceptors (Lipinski definition) is 2. The number of rotatable bonds is 8. The Morgan fingerprint density at radius 2 is 0.939 bits per heavy atom. The first kappa shape index (κ1) is 41.7. The number of benzene rings is 2. The molecule has 260 valence electrons. The minimum absolute atomic E-state index is 0. The van der Waals surface area contributed by atoms with Gasteiger partial charge in [-0.15, -0.1) is 35.4 Å². The van der Waals surface area contributed by atoms with Gasteiger partial charge in [0.25, 0.3) is 0 Å². The Hall–Kier alpha value is -3.49. The van der Waals surface area contributed by atoms with Crippen LogP contribution in [0, 0.1) is 47.2 Å². The van der Waals surface area contributed by atoms with Crippen molar-refractivity contribution in [1.82, 2.24) is 10.6 Å². The Balaban J connectivity index is 0.000000260. The molecule has 0 saturated heterocycles. The molecule has 2 amide bonds. The van der Waals surface area contributed by atoms with Gasteiger partial charge in [0, 0.05) is 48.2 Å². The molecule has 2 saturated carbocycles. The van der Waals surface area contributed by atoms with Crippen molar-refractivity contribution in [2.24, 2.45) is 11.8 Å². The van der Waals surface area contributed by atoms with Crippen molar-refractivity contribution in [2.75, 3.05) is 13.1 Å². The molecule has 0 unspecified atom stereocenters. The van der Waals surface area contributed by atoms with Gasteiger partial charge in [0.2, 0.25) is 11.8 Å². The fourth-order valence-electron chi connectivity index (χ4n) is 5.63. The fraction of sp³-hybridized carbons (Fsp3) is 0.400. The summed E-state index contributed by atoms with van der Waals surface area (Å²) in [5, 5.41) is 5.66. The molecule has 0 atom stereocenters. The van der Waals surface area contributed by atoms with Crippen LogP contribution in [0.4, 0.5) is 17.6 Å². The van der Waals surface area contributed by atoms with E-state index in [9.17, 15) is 27.2 Å². The second kappa shape index (κ2) is 24.6. The van der Waals surface area contributed by atoms with Crippen LogP contribution in [0.2, 0.25) is 0 Å². The van der Waals surface area contributed by atoms with Crippen LogP contribution in [0.25, 0.3) is 0 Å². The SMILES string of the molecule is O=C(NCCc1ccc(F)[c-]c1F)C1CCCCC1.O=C(NCCc1ccc(F)[c-]c1F)C1CCCCC1.[Ti+4].c1cc[cH-]c1.c1cc[cH-]c1. The van der Waals surface area contributed by atoms with Crippen molar-refractivity contribution in [3.63, 3.8) is 0 Å². The third kappa shape index (κ3) is 17.1. The summed E-state index contributed by atoms with van der Waals surface area (Å²) in [7, 11) is 0. The van der Waals surface area contributed by atoms with E-state index in [4.69, 9.17) is 0 Å². The third-order valence-electron chi connectivity index (χ3n) is 8.33. The normalized spacial score (nSPS) is 14.3. The Morgan fingerprint density at radius 1 is 0.592 bits per heavy atom. The molecule has 0 heterocycles. The predicted octanol–water partition coefficient (Wildman–Crippen LogP) is 8.82. The van der Waals surface area contributed by atoms with Crippen molar-refractivity contribution < 1.29 is 48.9 Å². The Morgan fingerprint density at radius 3 is 1.22 bits per heavy atom. The number of nitrogens with one attached hydrogen (secondary N) is 2. The van der Waals surface area contributed by atoms with Gasteiger partial charge in [-0.25, -0.2) is 41.8 Å². The Bertz CT molecular complexity index is 1290. The number of carbonyl (C=O) groups is 2. The molecular weight excluding hydrogens is 664 g/mol. The molecule has 4 aromatic rings. The molecule has 0 spiro atoms. The van der Waals surface area contributed by atoms with Gasteiger partial charge in [0.1, 0.15) is 0 Å². The monoisotopic (exact) mass is 710 g/mol. The largest absolute Gasteiger partial charge is 4.00 e. The summed E-state index contributed by atoms with van der Waals surface area (Å²) in [6.45, 7) is 0.761. The second-order valence-electron chi connectivity index (χ2n) is 12.0. The zero-order chi connectivity index (χ0) is 34.4. The molecule has 4 nitrogen and oxygen atoms in total. The van der Waals surface area contributed by atoms with Gasteiger partial charge in [-0.3, -0.25) is 9.59 Å². The van der Waals surface area contributed by atoms with E-state index in [1.54, 1.807) is 0 Å². The fourth-order valence-corrected chi connectivity index (χ4v) is 5.63. The molecule has 4 aromatic carbocycles. The molecule has 0 radical (unpaired) electrons. The maximum absolute atomic E-state index is 13.3. The summed E-state index contributed by atoms with van der Waals surface area (Å²) < 4.78 is 52.0. The molecule has 49 heavy (non-hydrogen) atoms.